The number of nitrogens with zero attached hydrogens (tertiary/aromatic N) is 1. The van der Waals surface area contributed by atoms with Crippen LogP contribution >= 0.6 is 0 Å². The maximum absolute atomic E-state index is 12.4. The van der Waals surface area contributed by atoms with Gasteiger partial charge in [0, 0.05) is 32.1 Å². The van der Waals surface area contributed by atoms with Crippen LogP contribution in [0.25, 0.3) is 0 Å². The number of hydrogen-bond acceptors (Lipinski definition) is 5. The second kappa shape index (κ2) is 8.28. The summed E-state index contributed by atoms with van der Waals surface area (Å²) in [4.78, 5) is 2.94. The fourth-order valence-electron chi connectivity index (χ4n) is 3.59. The normalized spacial score (nSPS) is 24.8. The molecule has 0 saturated carbocycles. The minimum atomic E-state index is -3.20. The fourth-order valence-corrected chi connectivity index (χ4v) is 5.16. The highest BCUT2D eigenvalue weighted by Gasteiger charge is 2.32. The summed E-state index contributed by atoms with van der Waals surface area (Å²) in [5.74, 6) is 2.66. The Morgan fingerprint density at radius 3 is 2.46 bits per heavy atom. The van der Waals surface area contributed by atoms with Crippen LogP contribution in [-0.2, 0) is 9.84 Å². The zero-order valence-electron chi connectivity index (χ0n) is 16.1. The van der Waals surface area contributed by atoms with Crippen molar-refractivity contribution in [2.24, 2.45) is 17.8 Å². The van der Waals surface area contributed by atoms with Gasteiger partial charge in [-0.05, 0) is 49.1 Å². The summed E-state index contributed by atoms with van der Waals surface area (Å²) in [6.45, 7) is 12.0. The first-order valence-electron chi connectivity index (χ1n) is 9.76. The molecule has 2 saturated heterocycles. The first-order valence-corrected chi connectivity index (χ1v) is 11.3. The summed E-state index contributed by atoms with van der Waals surface area (Å²) >= 11 is 0. The van der Waals surface area contributed by atoms with Gasteiger partial charge in [0.25, 0.3) is 0 Å². The lowest BCUT2D eigenvalue weighted by atomic mass is 9.99. The molecular formula is C20H32N2O3S. The van der Waals surface area contributed by atoms with Crippen LogP contribution in [0.15, 0.2) is 29.2 Å². The van der Waals surface area contributed by atoms with Gasteiger partial charge in [0.2, 0.25) is 0 Å². The molecule has 2 aliphatic heterocycles. The highest BCUT2D eigenvalue weighted by Crippen LogP contribution is 2.26. The number of likely N-dealkylation sites (tertiary alicyclic amines) is 1. The first-order chi connectivity index (χ1) is 12.4. The number of nitrogens with one attached hydrogen (secondary N) is 1. The number of sulfone groups is 1. The smallest absolute Gasteiger partial charge is 0.183 e. The van der Waals surface area contributed by atoms with Gasteiger partial charge in [0.05, 0.1) is 16.8 Å². The largest absolute Gasteiger partial charge is 0.493 e. The van der Waals surface area contributed by atoms with Crippen LogP contribution < -0.4 is 10.1 Å². The molecule has 1 aromatic rings. The molecule has 0 amide bonds. The Hall–Kier alpha value is -1.11. The average Bonchev–Trinajstić information content (AvgIpc) is 2.89. The molecule has 2 aliphatic rings. The van der Waals surface area contributed by atoms with Crippen LogP contribution in [0.2, 0.25) is 0 Å². The highest BCUT2D eigenvalue weighted by atomic mass is 32.2. The lowest BCUT2D eigenvalue weighted by Crippen LogP contribution is -2.51. The van der Waals surface area contributed by atoms with E-state index in [-0.39, 0.29) is 5.25 Å². The van der Waals surface area contributed by atoms with E-state index in [2.05, 4.69) is 31.0 Å². The molecule has 2 atom stereocenters. The highest BCUT2D eigenvalue weighted by molar-refractivity contribution is 7.92. The van der Waals surface area contributed by atoms with Crippen molar-refractivity contribution >= 4 is 9.84 Å². The van der Waals surface area contributed by atoms with Crippen molar-refractivity contribution < 1.29 is 13.2 Å². The molecule has 1 N–H and O–H groups in total. The first kappa shape index (κ1) is 19.6. The van der Waals surface area contributed by atoms with Gasteiger partial charge in [-0.25, -0.2) is 8.42 Å². The van der Waals surface area contributed by atoms with Crippen LogP contribution in [0.3, 0.4) is 0 Å². The van der Waals surface area contributed by atoms with Gasteiger partial charge in [0.1, 0.15) is 5.75 Å². The molecule has 0 spiro atoms. The summed E-state index contributed by atoms with van der Waals surface area (Å²) in [6.07, 6.45) is 1.24. The van der Waals surface area contributed by atoms with Crippen molar-refractivity contribution in [1.82, 2.24) is 10.2 Å². The molecule has 26 heavy (non-hydrogen) atoms. The van der Waals surface area contributed by atoms with Gasteiger partial charge < -0.3 is 15.0 Å². The van der Waals surface area contributed by atoms with E-state index < -0.39 is 9.84 Å². The van der Waals surface area contributed by atoms with Crippen LogP contribution in [0.1, 0.15) is 27.2 Å². The molecule has 0 radical (unpaired) electrons. The summed E-state index contributed by atoms with van der Waals surface area (Å²) < 4.78 is 30.8. The van der Waals surface area contributed by atoms with Crippen molar-refractivity contribution in [3.63, 3.8) is 0 Å². The number of rotatable bonds is 8. The third-order valence-electron chi connectivity index (χ3n) is 5.67. The molecule has 0 aromatic heterocycles. The van der Waals surface area contributed by atoms with Crippen LogP contribution in [0.4, 0.5) is 0 Å². The van der Waals surface area contributed by atoms with Crippen molar-refractivity contribution in [1.29, 1.82) is 0 Å². The maximum atomic E-state index is 12.4. The lowest BCUT2D eigenvalue weighted by Gasteiger charge is -2.26. The summed E-state index contributed by atoms with van der Waals surface area (Å²) in [7, 11) is -3.20. The van der Waals surface area contributed by atoms with Gasteiger partial charge in [-0.15, -0.1) is 0 Å². The maximum Gasteiger partial charge on any atom is 0.183 e. The molecule has 146 valence electrons. The predicted molar refractivity (Wildman–Crippen MR) is 104 cm³/mol. The van der Waals surface area contributed by atoms with Gasteiger partial charge in [-0.2, -0.15) is 0 Å². The van der Waals surface area contributed by atoms with Crippen LogP contribution in [0, 0.1) is 17.8 Å². The molecule has 0 aliphatic carbocycles. The number of benzene rings is 1. The SMILES string of the molecule is CC(C)CCN1CC(C)C(COc2ccc(S(=O)(=O)C3CNC3)cc2)C1. The molecule has 1 aromatic carbocycles. The second-order valence-corrected chi connectivity index (χ2v) is 10.5. The monoisotopic (exact) mass is 380 g/mol. The molecule has 3 rings (SSSR count). The number of hydrogen-bond donors (Lipinski definition) is 1. The van der Waals surface area contributed by atoms with E-state index in [9.17, 15) is 8.42 Å². The Kier molecular flexibility index (Phi) is 6.25. The van der Waals surface area contributed by atoms with Crippen molar-refractivity contribution in [3.8, 4) is 5.75 Å². The van der Waals surface area contributed by atoms with Gasteiger partial charge in [-0.1, -0.05) is 20.8 Å². The minimum absolute atomic E-state index is 0.287. The average molecular weight is 381 g/mol. The Balaban J connectivity index is 1.50. The quantitative estimate of drug-likeness (QED) is 0.751. The molecule has 2 fully saturated rings. The number of ether oxygens (including phenoxy) is 1. The lowest BCUT2D eigenvalue weighted by molar-refractivity contribution is 0.223. The third kappa shape index (κ3) is 4.59. The second-order valence-electron chi connectivity index (χ2n) is 8.29. The summed E-state index contributed by atoms with van der Waals surface area (Å²) in [5, 5.41) is 2.73. The third-order valence-corrected chi connectivity index (χ3v) is 7.81. The predicted octanol–water partition coefficient (Wildman–Crippen LogP) is 2.42. The van der Waals surface area contributed by atoms with E-state index in [0.717, 1.165) is 24.8 Å². The zero-order chi connectivity index (χ0) is 18.7. The topological polar surface area (TPSA) is 58.6 Å². The zero-order valence-corrected chi connectivity index (χ0v) is 17.0. The van der Waals surface area contributed by atoms with E-state index in [4.69, 9.17) is 4.74 Å². The Morgan fingerprint density at radius 1 is 1.19 bits per heavy atom. The molecule has 5 nitrogen and oxygen atoms in total. The minimum Gasteiger partial charge on any atom is -0.493 e. The van der Waals surface area contributed by atoms with E-state index in [1.807, 2.05) is 0 Å². The van der Waals surface area contributed by atoms with Gasteiger partial charge in [-0.3, -0.25) is 0 Å². The Labute approximate surface area is 158 Å². The van der Waals surface area contributed by atoms with E-state index in [0.29, 0.717) is 36.4 Å². The van der Waals surface area contributed by atoms with E-state index >= 15 is 0 Å². The van der Waals surface area contributed by atoms with E-state index in [1.165, 1.54) is 13.0 Å². The standard InChI is InChI=1S/C20H32N2O3S/c1-15(2)8-9-22-12-16(3)17(13-22)14-25-18-4-6-19(7-5-18)26(23,24)20-10-21-11-20/h4-7,15-17,20-21H,8-14H2,1-3H3. The van der Waals surface area contributed by atoms with Gasteiger partial charge in [0.15, 0.2) is 9.84 Å². The van der Waals surface area contributed by atoms with E-state index in [1.54, 1.807) is 24.3 Å². The molecule has 2 heterocycles. The Morgan fingerprint density at radius 2 is 1.88 bits per heavy atom. The van der Waals surface area contributed by atoms with Gasteiger partial charge >= 0.3 is 0 Å². The van der Waals surface area contributed by atoms with Crippen molar-refractivity contribution in [2.45, 2.75) is 37.3 Å². The summed E-state index contributed by atoms with van der Waals surface area (Å²) in [5.41, 5.74) is 0. The van der Waals surface area contributed by atoms with Crippen LogP contribution in [0.5, 0.6) is 5.75 Å². The van der Waals surface area contributed by atoms with Crippen LogP contribution in [-0.4, -0.2) is 57.9 Å². The van der Waals surface area contributed by atoms with Crippen molar-refractivity contribution in [3.05, 3.63) is 24.3 Å². The molecule has 0 bridgehead atoms. The molecule has 2 unspecified atom stereocenters. The fraction of sp³-hybridized carbons (Fsp3) is 0.700. The Bertz CT molecular complexity index is 684. The summed E-state index contributed by atoms with van der Waals surface area (Å²) in [6, 6.07) is 6.93. The molecular weight excluding hydrogens is 348 g/mol. The van der Waals surface area contributed by atoms with Crippen molar-refractivity contribution in [2.75, 3.05) is 39.3 Å². The molecule has 6 heteroatoms.